The summed E-state index contributed by atoms with van der Waals surface area (Å²) in [6.07, 6.45) is 2.82. The van der Waals surface area contributed by atoms with Crippen LogP contribution in [-0.4, -0.2) is 39.9 Å². The van der Waals surface area contributed by atoms with E-state index in [1.807, 2.05) is 0 Å². The fraction of sp³-hybridized carbons (Fsp3) is 0.435. The third-order valence-corrected chi connectivity index (χ3v) is 6.64. The molecule has 0 radical (unpaired) electrons. The monoisotopic (exact) mass is 507 g/mol. The van der Waals surface area contributed by atoms with Crippen molar-refractivity contribution in [3.63, 3.8) is 0 Å². The van der Waals surface area contributed by atoms with Gasteiger partial charge in [-0.05, 0) is 52.8 Å². The molecule has 0 spiro atoms. The lowest BCUT2D eigenvalue weighted by Gasteiger charge is -2.30. The van der Waals surface area contributed by atoms with Crippen LogP contribution in [0.2, 0.25) is 0 Å². The Balaban J connectivity index is 1.74. The van der Waals surface area contributed by atoms with Crippen LogP contribution >= 0.6 is 7.75 Å². The molecule has 0 saturated heterocycles. The maximum atomic E-state index is 13.7. The average molecular weight is 507 g/mol. The van der Waals surface area contributed by atoms with Crippen LogP contribution in [0.25, 0.3) is 0 Å². The van der Waals surface area contributed by atoms with Gasteiger partial charge in [-0.2, -0.15) is 5.09 Å². The first-order valence-electron chi connectivity index (χ1n) is 11.0. The van der Waals surface area contributed by atoms with Gasteiger partial charge in [0.1, 0.15) is 17.4 Å². The number of para-hydroxylation sites is 1. The molecule has 1 aliphatic heterocycles. The number of nitrogens with zero attached hydrogens (tertiary/aromatic N) is 1. The van der Waals surface area contributed by atoms with E-state index in [2.05, 4.69) is 10.1 Å². The van der Waals surface area contributed by atoms with E-state index in [1.165, 1.54) is 24.6 Å². The van der Waals surface area contributed by atoms with E-state index in [4.69, 9.17) is 18.5 Å². The number of aromatic nitrogens is 2. The van der Waals surface area contributed by atoms with Gasteiger partial charge in [-0.1, -0.05) is 24.3 Å². The van der Waals surface area contributed by atoms with Crippen molar-refractivity contribution < 1.29 is 27.9 Å². The topological polar surface area (TPSA) is 138 Å². The molecule has 0 saturated carbocycles. The van der Waals surface area contributed by atoms with E-state index in [0.29, 0.717) is 5.56 Å². The highest BCUT2D eigenvalue weighted by Gasteiger charge is 2.41. The molecule has 2 N–H and O–H groups in total. The third-order valence-electron chi connectivity index (χ3n) is 4.87. The Morgan fingerprint density at radius 3 is 2.57 bits per heavy atom. The summed E-state index contributed by atoms with van der Waals surface area (Å²) in [5.74, 6) is -0.356. The molecule has 1 aliphatic rings. The number of hydrogen-bond acceptors (Lipinski definition) is 8. The molecule has 3 rings (SSSR count). The minimum Gasteiger partial charge on any atom is -0.462 e. The summed E-state index contributed by atoms with van der Waals surface area (Å²) < 4.78 is 37.3. The van der Waals surface area contributed by atoms with E-state index in [-0.39, 0.29) is 18.5 Å². The Morgan fingerprint density at radius 2 is 1.91 bits per heavy atom. The highest BCUT2D eigenvalue weighted by Crippen LogP contribution is 2.47. The van der Waals surface area contributed by atoms with Crippen molar-refractivity contribution in [3.05, 3.63) is 75.1 Å². The number of benzene rings is 1. The first-order valence-corrected chi connectivity index (χ1v) is 12.6. The number of aromatic amines is 1. The lowest BCUT2D eigenvalue weighted by Crippen LogP contribution is -2.47. The Morgan fingerprint density at radius 1 is 1.23 bits per heavy atom. The van der Waals surface area contributed by atoms with E-state index in [0.717, 1.165) is 0 Å². The van der Waals surface area contributed by atoms with Gasteiger partial charge in [-0.15, -0.1) is 0 Å². The van der Waals surface area contributed by atoms with Crippen LogP contribution in [0.1, 0.15) is 39.5 Å². The van der Waals surface area contributed by atoms with Crippen molar-refractivity contribution in [2.24, 2.45) is 0 Å². The van der Waals surface area contributed by atoms with Gasteiger partial charge in [0.25, 0.3) is 5.56 Å². The quantitative estimate of drug-likeness (QED) is 0.282. The first kappa shape index (κ1) is 26.6. The highest BCUT2D eigenvalue weighted by atomic mass is 31.2. The molecule has 2 heterocycles. The fourth-order valence-corrected chi connectivity index (χ4v) is 4.82. The standard InChI is InChI=1S/C23H30N3O8P/c1-15(2)32-21(28)23(4,5)25-35(30,34-17-9-7-6-8-10-17)31-14-18-11-12-19(33-18)26-13-16(3)20(27)24-22(26)29/h6-13,15,18-19H,14H2,1-5H3,(H,25,30)(H,24,27,29)/t18-,19?,35?/m0/s1. The SMILES string of the molecule is Cc1cn(C2C=C[C@@H](COP(=O)(NC(C)(C)C(=O)OC(C)C)Oc3ccccc3)O2)c(=O)[nH]c1=O. The number of esters is 1. The van der Waals surface area contributed by atoms with Gasteiger partial charge in [0, 0.05) is 11.8 Å². The molecular weight excluding hydrogens is 477 g/mol. The minimum absolute atomic E-state index is 0.212. The normalized spacial score (nSPS) is 19.5. The zero-order chi connectivity index (χ0) is 25.8. The largest absolute Gasteiger partial charge is 0.462 e. The molecule has 190 valence electrons. The predicted molar refractivity (Wildman–Crippen MR) is 128 cm³/mol. The van der Waals surface area contributed by atoms with Crippen LogP contribution < -0.4 is 20.9 Å². The molecule has 0 amide bonds. The van der Waals surface area contributed by atoms with Gasteiger partial charge in [0.05, 0.1) is 12.7 Å². The van der Waals surface area contributed by atoms with Crippen molar-refractivity contribution in [1.82, 2.24) is 14.6 Å². The molecule has 35 heavy (non-hydrogen) atoms. The second kappa shape index (κ2) is 10.7. The number of hydrogen-bond donors (Lipinski definition) is 2. The number of aryl methyl sites for hydroxylation is 1. The van der Waals surface area contributed by atoms with Gasteiger partial charge in [0.2, 0.25) is 0 Å². The second-order valence-corrected chi connectivity index (χ2v) is 10.5. The molecule has 2 unspecified atom stereocenters. The maximum absolute atomic E-state index is 13.7. The predicted octanol–water partition coefficient (Wildman–Crippen LogP) is 2.82. The summed E-state index contributed by atoms with van der Waals surface area (Å²) in [5, 5.41) is 2.68. The number of nitrogens with one attached hydrogen (secondary N) is 2. The summed E-state index contributed by atoms with van der Waals surface area (Å²) in [4.78, 5) is 38.5. The van der Waals surface area contributed by atoms with Crippen molar-refractivity contribution in [3.8, 4) is 5.75 Å². The number of ether oxygens (including phenoxy) is 2. The zero-order valence-electron chi connectivity index (χ0n) is 20.2. The lowest BCUT2D eigenvalue weighted by atomic mass is 10.1. The highest BCUT2D eigenvalue weighted by molar-refractivity contribution is 7.52. The van der Waals surface area contributed by atoms with Gasteiger partial charge < -0.3 is 14.0 Å². The molecule has 0 aliphatic carbocycles. The van der Waals surface area contributed by atoms with Crippen molar-refractivity contribution in [1.29, 1.82) is 0 Å². The number of carbonyl (C=O) groups is 1. The van der Waals surface area contributed by atoms with E-state index in [1.54, 1.807) is 63.3 Å². The summed E-state index contributed by atoms with van der Waals surface area (Å²) >= 11 is 0. The van der Waals surface area contributed by atoms with Gasteiger partial charge in [0.15, 0.2) is 6.23 Å². The Bertz CT molecular complexity index is 1240. The van der Waals surface area contributed by atoms with Crippen LogP contribution in [0.3, 0.4) is 0 Å². The van der Waals surface area contributed by atoms with Gasteiger partial charge in [-0.3, -0.25) is 23.7 Å². The number of rotatable bonds is 10. The van der Waals surface area contributed by atoms with Gasteiger partial charge in [-0.25, -0.2) is 9.36 Å². The summed E-state index contributed by atoms with van der Waals surface area (Å²) in [5.41, 5.74) is -2.15. The Hall–Kier alpha value is -2.98. The maximum Gasteiger partial charge on any atom is 0.459 e. The molecule has 2 aromatic rings. The molecule has 1 aromatic heterocycles. The van der Waals surface area contributed by atoms with Gasteiger partial charge >= 0.3 is 19.4 Å². The number of H-pyrrole nitrogens is 1. The molecule has 0 fully saturated rings. The molecule has 1 aromatic carbocycles. The van der Waals surface area contributed by atoms with E-state index >= 15 is 0 Å². The van der Waals surface area contributed by atoms with Crippen molar-refractivity contribution >= 4 is 13.7 Å². The summed E-state index contributed by atoms with van der Waals surface area (Å²) in [6.45, 7) is 7.79. The van der Waals surface area contributed by atoms with Crippen LogP contribution in [0.5, 0.6) is 5.75 Å². The van der Waals surface area contributed by atoms with Crippen molar-refractivity contribution in [2.45, 2.75) is 58.6 Å². The average Bonchev–Trinajstić information content (AvgIpc) is 3.23. The Labute approximate surface area is 202 Å². The molecule has 12 heteroatoms. The van der Waals surface area contributed by atoms with Crippen LogP contribution in [0.15, 0.2) is 58.3 Å². The lowest BCUT2D eigenvalue weighted by molar-refractivity contribution is -0.153. The second-order valence-electron chi connectivity index (χ2n) is 8.82. The zero-order valence-corrected chi connectivity index (χ0v) is 21.1. The molecular formula is C23H30N3O8P. The Kier molecular flexibility index (Phi) is 8.17. The molecule has 3 atom stereocenters. The fourth-order valence-electron chi connectivity index (χ4n) is 3.14. The molecule has 0 bridgehead atoms. The summed E-state index contributed by atoms with van der Waals surface area (Å²) in [6, 6.07) is 8.38. The number of carbonyl (C=O) groups excluding carboxylic acids is 1. The smallest absolute Gasteiger partial charge is 0.459 e. The van der Waals surface area contributed by atoms with E-state index in [9.17, 15) is 18.9 Å². The minimum atomic E-state index is -4.11. The van der Waals surface area contributed by atoms with Crippen LogP contribution in [0.4, 0.5) is 0 Å². The summed E-state index contributed by atoms with van der Waals surface area (Å²) in [7, 11) is -4.11. The first-order chi connectivity index (χ1) is 16.4. The molecule has 11 nitrogen and oxygen atoms in total. The van der Waals surface area contributed by atoms with Crippen LogP contribution in [0, 0.1) is 6.92 Å². The van der Waals surface area contributed by atoms with E-state index < -0.39 is 42.8 Å². The van der Waals surface area contributed by atoms with Crippen molar-refractivity contribution in [2.75, 3.05) is 6.61 Å². The van der Waals surface area contributed by atoms with Crippen LogP contribution in [-0.2, 0) is 23.4 Å². The third kappa shape index (κ3) is 7.02.